The monoisotopic (exact) mass is 311 g/mol. The third kappa shape index (κ3) is 5.00. The Bertz CT molecular complexity index is 456. The van der Waals surface area contributed by atoms with Crippen molar-refractivity contribution in [3.63, 3.8) is 0 Å². The van der Waals surface area contributed by atoms with Crippen molar-refractivity contribution in [3.05, 3.63) is 22.4 Å². The second kappa shape index (κ2) is 6.36. The van der Waals surface area contributed by atoms with E-state index < -0.39 is 5.60 Å². The lowest BCUT2D eigenvalue weighted by Gasteiger charge is -2.39. The normalized spacial score (nSPS) is 18.6. The third-order valence-electron chi connectivity index (χ3n) is 3.62. The van der Waals surface area contributed by atoms with Crippen LogP contribution >= 0.6 is 11.3 Å². The van der Waals surface area contributed by atoms with Gasteiger partial charge in [-0.3, -0.25) is 0 Å². The van der Waals surface area contributed by atoms with Gasteiger partial charge in [-0.1, -0.05) is 6.07 Å². The maximum atomic E-state index is 12.0. The van der Waals surface area contributed by atoms with E-state index in [2.05, 4.69) is 18.4 Å². The molecule has 0 aliphatic carbocycles. The van der Waals surface area contributed by atoms with Crippen molar-refractivity contribution in [1.29, 1.82) is 0 Å². The van der Waals surface area contributed by atoms with Crippen LogP contribution in [0.25, 0.3) is 0 Å². The first-order valence-corrected chi connectivity index (χ1v) is 8.30. The number of piperidine rings is 1. The van der Waals surface area contributed by atoms with E-state index in [1.807, 2.05) is 26.8 Å². The minimum Gasteiger partial charge on any atom is -0.444 e. The van der Waals surface area contributed by atoms with Gasteiger partial charge in [-0.25, -0.2) is 4.79 Å². The molecule has 1 aromatic heterocycles. The van der Waals surface area contributed by atoms with Gasteiger partial charge in [0.05, 0.1) is 12.2 Å². The Morgan fingerprint density at radius 2 is 2.05 bits per heavy atom. The summed E-state index contributed by atoms with van der Waals surface area (Å²) in [5.41, 5.74) is -0.587. The molecule has 1 fully saturated rings. The molecule has 21 heavy (non-hydrogen) atoms. The smallest absolute Gasteiger partial charge is 0.410 e. The van der Waals surface area contributed by atoms with E-state index in [0.29, 0.717) is 19.7 Å². The molecule has 0 spiro atoms. The number of amides is 1. The number of carbonyl (C=O) groups is 1. The molecular weight excluding hydrogens is 286 g/mol. The predicted molar refractivity (Wildman–Crippen MR) is 84.6 cm³/mol. The molecule has 1 aliphatic rings. The molecule has 4 nitrogen and oxygen atoms in total. The standard InChI is InChI=1S/C16H25NO3S/c1-15(2,3)20-14(18)17-9-7-16(4,8-10-17)19-12-13-6-5-11-21-13/h5-6,11H,7-10,12H2,1-4H3. The van der Waals surface area contributed by atoms with Crippen molar-refractivity contribution in [1.82, 2.24) is 4.90 Å². The Morgan fingerprint density at radius 3 is 2.57 bits per heavy atom. The maximum Gasteiger partial charge on any atom is 0.410 e. The van der Waals surface area contributed by atoms with Crippen LogP contribution in [0.5, 0.6) is 0 Å². The van der Waals surface area contributed by atoms with Gasteiger partial charge in [0.1, 0.15) is 5.60 Å². The molecule has 0 bridgehead atoms. The molecule has 1 saturated heterocycles. The number of hydrogen-bond acceptors (Lipinski definition) is 4. The number of carbonyl (C=O) groups excluding carboxylic acids is 1. The average Bonchev–Trinajstić information content (AvgIpc) is 2.88. The van der Waals surface area contributed by atoms with Gasteiger partial charge in [-0.15, -0.1) is 11.3 Å². The molecule has 2 heterocycles. The Morgan fingerprint density at radius 1 is 1.38 bits per heavy atom. The Hall–Kier alpha value is -1.07. The lowest BCUT2D eigenvalue weighted by molar-refractivity contribution is -0.0803. The maximum absolute atomic E-state index is 12.0. The second-order valence-electron chi connectivity index (χ2n) is 6.79. The van der Waals surface area contributed by atoms with Crippen LogP contribution in [-0.2, 0) is 16.1 Å². The first-order valence-electron chi connectivity index (χ1n) is 7.42. The highest BCUT2D eigenvalue weighted by Gasteiger charge is 2.34. The molecule has 0 unspecified atom stereocenters. The van der Waals surface area contributed by atoms with Gasteiger partial charge < -0.3 is 14.4 Å². The molecule has 1 aromatic rings. The van der Waals surface area contributed by atoms with Gasteiger partial charge in [0, 0.05) is 18.0 Å². The van der Waals surface area contributed by atoms with Crippen LogP contribution < -0.4 is 0 Å². The summed E-state index contributed by atoms with van der Waals surface area (Å²) in [5, 5.41) is 2.06. The molecular formula is C16H25NO3S. The molecule has 0 atom stereocenters. The number of ether oxygens (including phenoxy) is 2. The van der Waals surface area contributed by atoms with Crippen molar-refractivity contribution in [3.8, 4) is 0 Å². The van der Waals surface area contributed by atoms with Gasteiger partial charge in [-0.2, -0.15) is 0 Å². The fraction of sp³-hybridized carbons (Fsp3) is 0.688. The molecule has 5 heteroatoms. The minimum atomic E-state index is -0.437. The van der Waals surface area contributed by atoms with Crippen molar-refractivity contribution in [2.45, 2.75) is 58.3 Å². The summed E-state index contributed by atoms with van der Waals surface area (Å²) in [5.74, 6) is 0. The lowest BCUT2D eigenvalue weighted by atomic mass is 9.93. The highest BCUT2D eigenvalue weighted by Crippen LogP contribution is 2.28. The zero-order valence-corrected chi connectivity index (χ0v) is 14.2. The molecule has 2 rings (SSSR count). The van der Waals surface area contributed by atoms with Crippen LogP contribution in [0.3, 0.4) is 0 Å². The second-order valence-corrected chi connectivity index (χ2v) is 7.82. The number of thiophene rings is 1. The van der Waals surface area contributed by atoms with Gasteiger partial charge in [0.2, 0.25) is 0 Å². The first kappa shape index (κ1) is 16.3. The van der Waals surface area contributed by atoms with Crippen LogP contribution in [0, 0.1) is 0 Å². The van der Waals surface area contributed by atoms with E-state index >= 15 is 0 Å². The number of nitrogens with zero attached hydrogens (tertiary/aromatic N) is 1. The van der Waals surface area contributed by atoms with Crippen molar-refractivity contribution in [2.75, 3.05) is 13.1 Å². The fourth-order valence-corrected chi connectivity index (χ4v) is 2.89. The van der Waals surface area contributed by atoms with Crippen LogP contribution in [0.4, 0.5) is 4.79 Å². The van der Waals surface area contributed by atoms with Gasteiger partial charge in [0.25, 0.3) is 0 Å². The zero-order valence-electron chi connectivity index (χ0n) is 13.3. The zero-order chi connectivity index (χ0) is 15.5. The van der Waals surface area contributed by atoms with Crippen molar-refractivity contribution < 1.29 is 14.3 Å². The summed E-state index contributed by atoms with van der Waals surface area (Å²) in [6, 6.07) is 4.13. The summed E-state index contributed by atoms with van der Waals surface area (Å²) in [6.07, 6.45) is 1.47. The van der Waals surface area contributed by atoms with E-state index in [9.17, 15) is 4.79 Å². The van der Waals surface area contributed by atoms with Crippen LogP contribution in [0.15, 0.2) is 17.5 Å². The molecule has 0 saturated carbocycles. The molecule has 118 valence electrons. The van der Waals surface area contributed by atoms with E-state index in [1.54, 1.807) is 16.2 Å². The van der Waals surface area contributed by atoms with Gasteiger partial charge >= 0.3 is 6.09 Å². The SMILES string of the molecule is CC(C)(C)OC(=O)N1CCC(C)(OCc2cccs2)CC1. The van der Waals surface area contributed by atoms with Crippen molar-refractivity contribution >= 4 is 17.4 Å². The van der Waals surface area contributed by atoms with Crippen LogP contribution in [0.1, 0.15) is 45.4 Å². The van der Waals surface area contributed by atoms with E-state index in [0.717, 1.165) is 12.8 Å². The van der Waals surface area contributed by atoms with Crippen LogP contribution in [-0.4, -0.2) is 35.3 Å². The summed E-state index contributed by atoms with van der Waals surface area (Å²) in [7, 11) is 0. The van der Waals surface area contributed by atoms with E-state index in [4.69, 9.17) is 9.47 Å². The topological polar surface area (TPSA) is 38.8 Å². The van der Waals surface area contributed by atoms with Gasteiger partial charge in [0.15, 0.2) is 0 Å². The lowest BCUT2D eigenvalue weighted by Crippen LogP contribution is -2.47. The Kier molecular flexibility index (Phi) is 4.94. The highest BCUT2D eigenvalue weighted by molar-refractivity contribution is 7.09. The molecule has 0 N–H and O–H groups in total. The van der Waals surface area contributed by atoms with Crippen LogP contribution in [0.2, 0.25) is 0 Å². The van der Waals surface area contributed by atoms with E-state index in [1.165, 1.54) is 4.88 Å². The molecule has 1 aliphatic heterocycles. The molecule has 1 amide bonds. The fourth-order valence-electron chi connectivity index (χ4n) is 2.27. The summed E-state index contributed by atoms with van der Waals surface area (Å²) in [6.45, 7) is 9.84. The Labute approximate surface area is 131 Å². The summed E-state index contributed by atoms with van der Waals surface area (Å²) < 4.78 is 11.5. The quantitative estimate of drug-likeness (QED) is 0.845. The number of rotatable bonds is 3. The third-order valence-corrected chi connectivity index (χ3v) is 4.47. The highest BCUT2D eigenvalue weighted by atomic mass is 32.1. The molecule has 0 aromatic carbocycles. The van der Waals surface area contributed by atoms with E-state index in [-0.39, 0.29) is 11.7 Å². The predicted octanol–water partition coefficient (Wildman–Crippen LogP) is 4.05. The summed E-state index contributed by atoms with van der Waals surface area (Å²) >= 11 is 1.71. The van der Waals surface area contributed by atoms with Crippen molar-refractivity contribution in [2.24, 2.45) is 0 Å². The largest absolute Gasteiger partial charge is 0.444 e. The number of hydrogen-bond donors (Lipinski definition) is 0. The number of likely N-dealkylation sites (tertiary alicyclic amines) is 1. The average molecular weight is 311 g/mol. The Balaban J connectivity index is 1.80. The molecule has 0 radical (unpaired) electrons. The first-order chi connectivity index (χ1) is 9.77. The van der Waals surface area contributed by atoms with Gasteiger partial charge in [-0.05, 0) is 52.0 Å². The summed E-state index contributed by atoms with van der Waals surface area (Å²) in [4.78, 5) is 15.1. The minimum absolute atomic E-state index is 0.150.